The number of halogens is 2. The van der Waals surface area contributed by atoms with Crippen molar-refractivity contribution in [1.82, 2.24) is 0 Å². The molecule has 0 atom stereocenters. The van der Waals surface area contributed by atoms with Crippen LogP contribution in [0.15, 0.2) is 66.2 Å². The van der Waals surface area contributed by atoms with Crippen molar-refractivity contribution in [3.8, 4) is 11.8 Å². The van der Waals surface area contributed by atoms with Gasteiger partial charge in [-0.2, -0.15) is 5.26 Å². The molecule has 7 nitrogen and oxygen atoms in total. The maximum Gasteiger partial charge on any atom is 0.271 e. The maximum absolute atomic E-state index is 12.6. The second-order valence-electron chi connectivity index (χ2n) is 6.95. The van der Waals surface area contributed by atoms with Crippen molar-refractivity contribution in [1.29, 1.82) is 5.26 Å². The first kappa shape index (κ1) is 23.8. The van der Waals surface area contributed by atoms with E-state index < -0.39 is 10.8 Å². The normalized spacial score (nSPS) is 10.9. The van der Waals surface area contributed by atoms with Crippen LogP contribution in [0.3, 0.4) is 0 Å². The van der Waals surface area contributed by atoms with E-state index in [1.165, 1.54) is 24.3 Å². The van der Waals surface area contributed by atoms with Gasteiger partial charge in [0, 0.05) is 22.7 Å². The van der Waals surface area contributed by atoms with Gasteiger partial charge in [-0.1, -0.05) is 53.5 Å². The minimum Gasteiger partial charge on any atom is -0.487 e. The zero-order chi connectivity index (χ0) is 24.0. The Kier molecular flexibility index (Phi) is 7.67. The molecule has 0 unspecified atom stereocenters. The second-order valence-corrected chi connectivity index (χ2v) is 7.76. The number of rotatable bonds is 7. The van der Waals surface area contributed by atoms with Gasteiger partial charge in [0.2, 0.25) is 0 Å². The topological polar surface area (TPSA) is 105 Å². The summed E-state index contributed by atoms with van der Waals surface area (Å²) in [7, 11) is 0. The summed E-state index contributed by atoms with van der Waals surface area (Å²) in [5.41, 5.74) is 1.82. The Morgan fingerprint density at radius 2 is 1.91 bits per heavy atom. The molecule has 0 bridgehead atoms. The SMILES string of the molecule is Cc1ccc([N+](=O)[O-])cc1NC(=O)/C(C#N)=C/c1ccc(OCc2ccccc2Cl)c(Cl)c1. The summed E-state index contributed by atoms with van der Waals surface area (Å²) < 4.78 is 5.72. The van der Waals surface area contributed by atoms with Crippen molar-refractivity contribution in [3.05, 3.63) is 103 Å². The Balaban J connectivity index is 1.75. The number of anilines is 1. The van der Waals surface area contributed by atoms with Crippen molar-refractivity contribution in [3.63, 3.8) is 0 Å². The summed E-state index contributed by atoms with van der Waals surface area (Å²) in [5.74, 6) is -0.278. The van der Waals surface area contributed by atoms with Gasteiger partial charge in [-0.05, 0) is 42.3 Å². The number of hydrogen-bond acceptors (Lipinski definition) is 5. The van der Waals surface area contributed by atoms with Crippen LogP contribution in [0.5, 0.6) is 5.75 Å². The lowest BCUT2D eigenvalue weighted by Crippen LogP contribution is -2.14. The highest BCUT2D eigenvalue weighted by atomic mass is 35.5. The molecule has 0 saturated carbocycles. The van der Waals surface area contributed by atoms with Crippen LogP contribution in [0, 0.1) is 28.4 Å². The smallest absolute Gasteiger partial charge is 0.271 e. The third-order valence-electron chi connectivity index (χ3n) is 4.65. The molecule has 0 aliphatic rings. The second kappa shape index (κ2) is 10.6. The summed E-state index contributed by atoms with van der Waals surface area (Å²) in [6, 6.07) is 18.1. The van der Waals surface area contributed by atoms with E-state index in [0.717, 1.165) is 5.56 Å². The van der Waals surface area contributed by atoms with E-state index in [1.54, 1.807) is 31.2 Å². The highest BCUT2D eigenvalue weighted by Crippen LogP contribution is 2.28. The largest absolute Gasteiger partial charge is 0.487 e. The lowest BCUT2D eigenvalue weighted by Gasteiger charge is -2.10. The van der Waals surface area contributed by atoms with Crippen LogP contribution < -0.4 is 10.1 Å². The van der Waals surface area contributed by atoms with E-state index in [0.29, 0.717) is 26.9 Å². The predicted octanol–water partition coefficient (Wildman–Crippen LogP) is 6.33. The molecule has 0 aliphatic heterocycles. The van der Waals surface area contributed by atoms with Crippen LogP contribution >= 0.6 is 23.2 Å². The van der Waals surface area contributed by atoms with Crippen LogP contribution in [0.2, 0.25) is 10.0 Å². The fourth-order valence-corrected chi connectivity index (χ4v) is 3.29. The van der Waals surface area contributed by atoms with Crippen molar-refractivity contribution in [2.75, 3.05) is 5.32 Å². The number of amides is 1. The number of nitro groups is 1. The third kappa shape index (κ3) is 6.10. The van der Waals surface area contributed by atoms with E-state index in [-0.39, 0.29) is 23.6 Å². The summed E-state index contributed by atoms with van der Waals surface area (Å²) in [6.45, 7) is 1.92. The van der Waals surface area contributed by atoms with E-state index in [4.69, 9.17) is 27.9 Å². The lowest BCUT2D eigenvalue weighted by atomic mass is 10.1. The number of nitro benzene ring substituents is 1. The molecule has 0 aliphatic carbocycles. The Hall–Kier alpha value is -3.86. The molecule has 0 aromatic heterocycles. The molecule has 0 radical (unpaired) electrons. The van der Waals surface area contributed by atoms with Gasteiger partial charge in [-0.15, -0.1) is 0 Å². The Morgan fingerprint density at radius 1 is 1.15 bits per heavy atom. The van der Waals surface area contributed by atoms with Gasteiger partial charge in [0.1, 0.15) is 24.0 Å². The summed E-state index contributed by atoms with van der Waals surface area (Å²) >= 11 is 12.4. The lowest BCUT2D eigenvalue weighted by molar-refractivity contribution is -0.384. The minimum absolute atomic E-state index is 0.169. The molecule has 0 heterocycles. The first-order valence-corrected chi connectivity index (χ1v) is 10.4. The van der Waals surface area contributed by atoms with E-state index in [9.17, 15) is 20.2 Å². The highest BCUT2D eigenvalue weighted by molar-refractivity contribution is 6.32. The van der Waals surface area contributed by atoms with Crippen molar-refractivity contribution in [2.24, 2.45) is 0 Å². The Labute approximate surface area is 200 Å². The number of nitriles is 1. The van der Waals surface area contributed by atoms with Crippen LogP contribution in [-0.4, -0.2) is 10.8 Å². The van der Waals surface area contributed by atoms with E-state index in [2.05, 4.69) is 5.32 Å². The van der Waals surface area contributed by atoms with E-state index >= 15 is 0 Å². The fourth-order valence-electron chi connectivity index (χ4n) is 2.86. The maximum atomic E-state index is 12.6. The molecular weight excluding hydrogens is 465 g/mol. The van der Waals surface area contributed by atoms with Crippen LogP contribution in [0.1, 0.15) is 16.7 Å². The van der Waals surface area contributed by atoms with Gasteiger partial charge < -0.3 is 10.1 Å². The zero-order valence-electron chi connectivity index (χ0n) is 17.3. The van der Waals surface area contributed by atoms with Gasteiger partial charge in [-0.25, -0.2) is 0 Å². The number of carbonyl (C=O) groups is 1. The van der Waals surface area contributed by atoms with Gasteiger partial charge >= 0.3 is 0 Å². The quantitative estimate of drug-likeness (QED) is 0.183. The van der Waals surface area contributed by atoms with Crippen molar-refractivity contribution < 1.29 is 14.5 Å². The molecule has 3 aromatic carbocycles. The molecule has 9 heteroatoms. The summed E-state index contributed by atoms with van der Waals surface area (Å²) in [6.07, 6.45) is 1.37. The average Bonchev–Trinajstić information content (AvgIpc) is 2.79. The summed E-state index contributed by atoms with van der Waals surface area (Å²) in [5, 5.41) is 23.9. The van der Waals surface area contributed by atoms with Crippen LogP contribution in [-0.2, 0) is 11.4 Å². The minimum atomic E-state index is -0.698. The zero-order valence-corrected chi connectivity index (χ0v) is 18.9. The average molecular weight is 482 g/mol. The number of aryl methyl sites for hydroxylation is 1. The molecule has 3 rings (SSSR count). The summed E-state index contributed by atoms with van der Waals surface area (Å²) in [4.78, 5) is 23.0. The predicted molar refractivity (Wildman–Crippen MR) is 127 cm³/mol. The van der Waals surface area contributed by atoms with Crippen molar-refractivity contribution in [2.45, 2.75) is 13.5 Å². The molecular formula is C24H17Cl2N3O4. The number of nitrogens with one attached hydrogen (secondary N) is 1. The molecule has 0 spiro atoms. The number of ether oxygens (including phenoxy) is 1. The van der Waals surface area contributed by atoms with E-state index in [1.807, 2.05) is 24.3 Å². The number of hydrogen-bond donors (Lipinski definition) is 1. The first-order chi connectivity index (χ1) is 15.8. The Morgan fingerprint density at radius 3 is 2.58 bits per heavy atom. The number of benzene rings is 3. The first-order valence-electron chi connectivity index (χ1n) is 9.62. The standard InChI is InChI=1S/C24H17Cl2N3O4/c1-15-6-8-19(29(31)32)12-22(15)28-24(30)18(13-27)10-16-7-9-23(21(26)11-16)33-14-17-4-2-3-5-20(17)25/h2-12H,14H2,1H3,(H,28,30)/b18-10+. The molecule has 166 valence electrons. The van der Waals surface area contributed by atoms with Crippen LogP contribution in [0.4, 0.5) is 11.4 Å². The number of non-ortho nitro benzene ring substituents is 1. The fraction of sp³-hybridized carbons (Fsp3) is 0.0833. The van der Waals surface area contributed by atoms with Gasteiger partial charge in [0.25, 0.3) is 11.6 Å². The molecule has 1 amide bonds. The number of carbonyl (C=O) groups excluding carboxylic acids is 1. The molecule has 1 N–H and O–H groups in total. The molecule has 0 saturated heterocycles. The molecule has 0 fully saturated rings. The highest BCUT2D eigenvalue weighted by Gasteiger charge is 2.15. The van der Waals surface area contributed by atoms with Crippen molar-refractivity contribution >= 4 is 46.6 Å². The number of nitrogens with zero attached hydrogens (tertiary/aromatic N) is 2. The third-order valence-corrected chi connectivity index (χ3v) is 5.32. The monoisotopic (exact) mass is 481 g/mol. The van der Waals surface area contributed by atoms with Crippen LogP contribution in [0.25, 0.3) is 6.08 Å². The van der Waals surface area contributed by atoms with Gasteiger partial charge in [0.15, 0.2) is 0 Å². The molecule has 3 aromatic rings. The van der Waals surface area contributed by atoms with Gasteiger partial charge in [0.05, 0.1) is 15.6 Å². The van der Waals surface area contributed by atoms with Gasteiger partial charge in [-0.3, -0.25) is 14.9 Å². The Bertz CT molecular complexity index is 1300. The molecule has 33 heavy (non-hydrogen) atoms.